The lowest BCUT2D eigenvalue weighted by Crippen LogP contribution is -2.43. The Labute approximate surface area is 144 Å². The van der Waals surface area contributed by atoms with E-state index >= 15 is 0 Å². The van der Waals surface area contributed by atoms with Gasteiger partial charge in [-0.1, -0.05) is 37.0 Å². The monoisotopic (exact) mass is 353 g/mol. The first-order chi connectivity index (χ1) is 10.8. The van der Waals surface area contributed by atoms with E-state index in [1.54, 1.807) is 11.0 Å². The quantitative estimate of drug-likeness (QED) is 0.721. The highest BCUT2D eigenvalue weighted by molar-refractivity contribution is 6.38. The zero-order valence-corrected chi connectivity index (χ0v) is 14.4. The van der Waals surface area contributed by atoms with E-state index in [4.69, 9.17) is 27.6 Å². The third kappa shape index (κ3) is 3.24. The molecule has 0 N–H and O–H groups in total. The molecular weight excluding hydrogens is 337 g/mol. The van der Waals surface area contributed by atoms with E-state index in [1.807, 2.05) is 0 Å². The van der Waals surface area contributed by atoms with E-state index in [0.29, 0.717) is 35.3 Å². The standard InChI is InChI=1S/C17H17Cl2NO3/c1-9-3-10(2)8-20(7-9)16(21)13-5-11-4-12(18)6-14(19)15(11)23-17(13)22/h4-6,9-10H,3,7-8H2,1-2H3. The first-order valence-electron chi connectivity index (χ1n) is 7.57. The number of benzene rings is 1. The van der Waals surface area contributed by atoms with Crippen LogP contribution in [0.15, 0.2) is 27.4 Å². The van der Waals surface area contributed by atoms with Crippen molar-refractivity contribution in [3.05, 3.63) is 44.2 Å². The predicted octanol–water partition coefficient (Wildman–Crippen LogP) is 4.22. The van der Waals surface area contributed by atoms with E-state index in [2.05, 4.69) is 13.8 Å². The van der Waals surface area contributed by atoms with Crippen molar-refractivity contribution in [3.8, 4) is 0 Å². The molecule has 0 bridgehead atoms. The first kappa shape index (κ1) is 16.3. The molecule has 2 atom stereocenters. The molecule has 2 heterocycles. The molecule has 0 saturated carbocycles. The van der Waals surface area contributed by atoms with Gasteiger partial charge in [-0.05, 0) is 36.5 Å². The predicted molar refractivity (Wildman–Crippen MR) is 91.4 cm³/mol. The Balaban J connectivity index is 2.04. The van der Waals surface area contributed by atoms with Gasteiger partial charge in [-0.3, -0.25) is 4.79 Å². The van der Waals surface area contributed by atoms with Crippen LogP contribution < -0.4 is 5.63 Å². The molecule has 4 nitrogen and oxygen atoms in total. The average molecular weight is 354 g/mol. The first-order valence-corrected chi connectivity index (χ1v) is 8.33. The summed E-state index contributed by atoms with van der Waals surface area (Å²) in [6, 6.07) is 4.65. The highest BCUT2D eigenvalue weighted by atomic mass is 35.5. The van der Waals surface area contributed by atoms with Crippen LogP contribution in [0.3, 0.4) is 0 Å². The number of nitrogens with zero attached hydrogens (tertiary/aromatic N) is 1. The summed E-state index contributed by atoms with van der Waals surface area (Å²) in [5.74, 6) is 0.535. The summed E-state index contributed by atoms with van der Waals surface area (Å²) in [4.78, 5) is 26.7. The number of rotatable bonds is 1. The van der Waals surface area contributed by atoms with Gasteiger partial charge >= 0.3 is 5.63 Å². The summed E-state index contributed by atoms with van der Waals surface area (Å²) in [6.07, 6.45) is 1.08. The van der Waals surface area contributed by atoms with Crippen molar-refractivity contribution >= 4 is 40.1 Å². The molecule has 1 fully saturated rings. The molecule has 0 aliphatic carbocycles. The van der Waals surface area contributed by atoms with Crippen LogP contribution in [0.25, 0.3) is 11.0 Å². The average Bonchev–Trinajstić information content (AvgIpc) is 2.46. The summed E-state index contributed by atoms with van der Waals surface area (Å²) in [7, 11) is 0. The van der Waals surface area contributed by atoms with E-state index in [0.717, 1.165) is 6.42 Å². The van der Waals surface area contributed by atoms with Crippen LogP contribution in [0, 0.1) is 11.8 Å². The van der Waals surface area contributed by atoms with Crippen molar-refractivity contribution in [3.63, 3.8) is 0 Å². The Morgan fingerprint density at radius 2 is 1.83 bits per heavy atom. The molecule has 1 aliphatic rings. The van der Waals surface area contributed by atoms with Gasteiger partial charge < -0.3 is 9.32 Å². The Bertz CT molecular complexity index is 820. The van der Waals surface area contributed by atoms with Gasteiger partial charge in [0, 0.05) is 23.5 Å². The SMILES string of the molecule is CC1CC(C)CN(C(=O)c2cc3cc(Cl)cc(Cl)c3oc2=O)C1. The molecule has 2 unspecified atom stereocenters. The molecule has 2 aromatic rings. The largest absolute Gasteiger partial charge is 0.421 e. The number of carbonyl (C=O) groups is 1. The molecule has 6 heteroatoms. The van der Waals surface area contributed by atoms with E-state index in [9.17, 15) is 9.59 Å². The summed E-state index contributed by atoms with van der Waals surface area (Å²) in [6.45, 7) is 5.52. The molecule has 23 heavy (non-hydrogen) atoms. The van der Waals surface area contributed by atoms with Crippen LogP contribution in [0.5, 0.6) is 0 Å². The lowest BCUT2D eigenvalue weighted by atomic mass is 9.91. The summed E-state index contributed by atoms with van der Waals surface area (Å²) < 4.78 is 5.25. The fraction of sp³-hybridized carbons (Fsp3) is 0.412. The van der Waals surface area contributed by atoms with Crippen molar-refractivity contribution in [1.29, 1.82) is 0 Å². The van der Waals surface area contributed by atoms with E-state index in [-0.39, 0.29) is 22.1 Å². The highest BCUT2D eigenvalue weighted by Crippen LogP contribution is 2.28. The fourth-order valence-electron chi connectivity index (χ4n) is 3.31. The Kier molecular flexibility index (Phi) is 4.39. The molecule has 1 aromatic heterocycles. The number of hydrogen-bond donors (Lipinski definition) is 0. The van der Waals surface area contributed by atoms with Crippen LogP contribution in [0.1, 0.15) is 30.6 Å². The van der Waals surface area contributed by atoms with Crippen LogP contribution >= 0.6 is 23.2 Å². The third-order valence-electron chi connectivity index (χ3n) is 4.14. The molecular formula is C17H17Cl2NO3. The second-order valence-corrected chi connectivity index (χ2v) is 7.25. The molecule has 0 spiro atoms. The van der Waals surface area contributed by atoms with Crippen molar-refractivity contribution in [2.45, 2.75) is 20.3 Å². The molecule has 0 radical (unpaired) electrons. The van der Waals surface area contributed by atoms with Crippen LogP contribution in [-0.2, 0) is 0 Å². The lowest BCUT2D eigenvalue weighted by molar-refractivity contribution is 0.0619. The summed E-state index contributed by atoms with van der Waals surface area (Å²) in [5, 5.41) is 1.22. The number of carbonyl (C=O) groups excluding carboxylic acids is 1. The van der Waals surface area contributed by atoms with Gasteiger partial charge in [0.25, 0.3) is 5.91 Å². The number of amides is 1. The van der Waals surface area contributed by atoms with Gasteiger partial charge in [-0.2, -0.15) is 0 Å². The van der Waals surface area contributed by atoms with Gasteiger partial charge in [0.05, 0.1) is 5.02 Å². The minimum absolute atomic E-state index is 0.0251. The van der Waals surface area contributed by atoms with Crippen LogP contribution in [0.2, 0.25) is 10.0 Å². The molecule has 1 aliphatic heterocycles. The van der Waals surface area contributed by atoms with Crippen LogP contribution in [0.4, 0.5) is 0 Å². The lowest BCUT2D eigenvalue weighted by Gasteiger charge is -2.34. The topological polar surface area (TPSA) is 50.5 Å². The van der Waals surface area contributed by atoms with Gasteiger partial charge in [-0.15, -0.1) is 0 Å². The molecule has 1 aromatic carbocycles. The normalized spacial score (nSPS) is 21.7. The number of hydrogen-bond acceptors (Lipinski definition) is 3. The fourth-order valence-corrected chi connectivity index (χ4v) is 3.85. The van der Waals surface area contributed by atoms with Crippen molar-refractivity contribution < 1.29 is 9.21 Å². The number of fused-ring (bicyclic) bond motifs is 1. The van der Waals surface area contributed by atoms with Gasteiger partial charge in [0.2, 0.25) is 0 Å². The van der Waals surface area contributed by atoms with Crippen molar-refractivity contribution in [2.24, 2.45) is 11.8 Å². The maximum Gasteiger partial charge on any atom is 0.349 e. The third-order valence-corrected chi connectivity index (χ3v) is 4.64. The van der Waals surface area contributed by atoms with E-state index in [1.165, 1.54) is 12.1 Å². The van der Waals surface area contributed by atoms with Crippen molar-refractivity contribution in [1.82, 2.24) is 4.90 Å². The van der Waals surface area contributed by atoms with E-state index < -0.39 is 5.63 Å². The molecule has 3 rings (SSSR count). The molecule has 1 amide bonds. The van der Waals surface area contributed by atoms with Gasteiger partial charge in [-0.25, -0.2) is 4.79 Å². The molecule has 1 saturated heterocycles. The van der Waals surface area contributed by atoms with Gasteiger partial charge in [0.15, 0.2) is 5.58 Å². The number of likely N-dealkylation sites (tertiary alicyclic amines) is 1. The smallest absolute Gasteiger partial charge is 0.349 e. The van der Waals surface area contributed by atoms with Crippen molar-refractivity contribution in [2.75, 3.05) is 13.1 Å². The minimum atomic E-state index is -0.669. The summed E-state index contributed by atoms with van der Waals surface area (Å²) >= 11 is 12.0. The minimum Gasteiger partial charge on any atom is -0.421 e. The van der Waals surface area contributed by atoms with Gasteiger partial charge in [0.1, 0.15) is 5.56 Å². The number of halogens is 2. The molecule has 122 valence electrons. The second kappa shape index (κ2) is 6.17. The Morgan fingerprint density at radius 1 is 1.17 bits per heavy atom. The summed E-state index contributed by atoms with van der Waals surface area (Å²) in [5.41, 5.74) is -0.396. The second-order valence-electron chi connectivity index (χ2n) is 6.41. The van der Waals surface area contributed by atoms with Crippen LogP contribution in [-0.4, -0.2) is 23.9 Å². The maximum absolute atomic E-state index is 12.7. The zero-order chi connectivity index (χ0) is 16.7. The highest BCUT2D eigenvalue weighted by Gasteiger charge is 2.28. The number of piperidine rings is 1. The zero-order valence-electron chi connectivity index (χ0n) is 12.9. The Morgan fingerprint density at radius 3 is 2.48 bits per heavy atom. The Hall–Kier alpha value is -1.52. The maximum atomic E-state index is 12.7.